The number of fused-ring (bicyclic) bond motifs is 1. The molecule has 3 nitrogen and oxygen atoms in total. The largest absolute Gasteiger partial charge is 0.493 e. The normalized spacial score (nSPS) is 27.6. The van der Waals surface area contributed by atoms with Gasteiger partial charge in [-0.15, -0.1) is 0 Å². The van der Waals surface area contributed by atoms with Crippen LogP contribution in [-0.2, 0) is 0 Å². The van der Waals surface area contributed by atoms with Gasteiger partial charge in [0.05, 0.1) is 7.11 Å². The zero-order valence-corrected chi connectivity index (χ0v) is 9.60. The molecule has 0 radical (unpaired) electrons. The number of ether oxygens (including phenoxy) is 3. The van der Waals surface area contributed by atoms with E-state index >= 15 is 0 Å². The van der Waals surface area contributed by atoms with Crippen LogP contribution in [0.25, 0.3) is 0 Å². The molecule has 0 spiro atoms. The Balaban J connectivity index is 1.95. The highest BCUT2D eigenvalue weighted by atomic mass is 16.6. The van der Waals surface area contributed by atoms with Crippen LogP contribution >= 0.6 is 0 Å². The molecule has 1 heterocycles. The highest BCUT2D eigenvalue weighted by Crippen LogP contribution is 2.46. The predicted octanol–water partition coefficient (Wildman–Crippen LogP) is 2.63. The lowest BCUT2D eigenvalue weighted by atomic mass is 10.1. The third-order valence-corrected chi connectivity index (χ3v) is 3.28. The summed E-state index contributed by atoms with van der Waals surface area (Å²) in [5.74, 6) is 2.98. The van der Waals surface area contributed by atoms with E-state index < -0.39 is 0 Å². The van der Waals surface area contributed by atoms with E-state index in [0.29, 0.717) is 5.92 Å². The highest BCUT2D eigenvalue weighted by molar-refractivity contribution is 5.52. The van der Waals surface area contributed by atoms with Crippen molar-refractivity contribution in [3.05, 3.63) is 18.2 Å². The summed E-state index contributed by atoms with van der Waals surface area (Å²) in [4.78, 5) is 0. The quantitative estimate of drug-likeness (QED) is 0.766. The Morgan fingerprint density at radius 2 is 2.06 bits per heavy atom. The molecule has 1 saturated carbocycles. The fraction of sp³-hybridized carbons (Fsp3) is 0.538. The van der Waals surface area contributed by atoms with E-state index in [1.807, 2.05) is 18.2 Å². The molecule has 2 unspecified atom stereocenters. The lowest BCUT2D eigenvalue weighted by molar-refractivity contribution is 0.0162. The van der Waals surface area contributed by atoms with E-state index in [1.165, 1.54) is 12.8 Å². The smallest absolute Gasteiger partial charge is 0.203 e. The minimum absolute atomic E-state index is 0.132. The van der Waals surface area contributed by atoms with Gasteiger partial charge < -0.3 is 14.2 Å². The third kappa shape index (κ3) is 1.51. The van der Waals surface area contributed by atoms with Crippen LogP contribution in [0.1, 0.15) is 19.8 Å². The van der Waals surface area contributed by atoms with Crippen molar-refractivity contribution >= 4 is 0 Å². The second-order valence-corrected chi connectivity index (χ2v) is 4.53. The Kier molecular flexibility index (Phi) is 2.20. The first-order chi connectivity index (χ1) is 7.79. The van der Waals surface area contributed by atoms with Gasteiger partial charge in [0.15, 0.2) is 11.5 Å². The maximum absolute atomic E-state index is 6.04. The Hall–Kier alpha value is -1.38. The van der Waals surface area contributed by atoms with Crippen LogP contribution in [0.15, 0.2) is 18.2 Å². The molecule has 2 atom stereocenters. The minimum atomic E-state index is 0.132. The molecule has 86 valence electrons. The van der Waals surface area contributed by atoms with Crippen molar-refractivity contribution in [2.45, 2.75) is 32.0 Å². The van der Waals surface area contributed by atoms with Gasteiger partial charge in [-0.3, -0.25) is 0 Å². The van der Waals surface area contributed by atoms with E-state index in [4.69, 9.17) is 14.2 Å². The first-order valence-electron chi connectivity index (χ1n) is 5.80. The SMILES string of the molecule is COc1cccc2c1OC(C1CC1)C(C)O2. The molecule has 0 amide bonds. The van der Waals surface area contributed by atoms with Crippen molar-refractivity contribution in [2.24, 2.45) is 5.92 Å². The molecule has 0 saturated heterocycles. The molecule has 1 aromatic rings. The maximum Gasteiger partial charge on any atom is 0.203 e. The van der Waals surface area contributed by atoms with Gasteiger partial charge in [-0.1, -0.05) is 6.07 Å². The average molecular weight is 220 g/mol. The summed E-state index contributed by atoms with van der Waals surface area (Å²) in [7, 11) is 1.66. The molecule has 1 aliphatic heterocycles. The van der Waals surface area contributed by atoms with Crippen molar-refractivity contribution in [2.75, 3.05) is 7.11 Å². The summed E-state index contributed by atoms with van der Waals surface area (Å²) < 4.78 is 17.2. The van der Waals surface area contributed by atoms with Gasteiger partial charge in [-0.25, -0.2) is 0 Å². The van der Waals surface area contributed by atoms with E-state index in [9.17, 15) is 0 Å². The number of hydrogen-bond acceptors (Lipinski definition) is 3. The van der Waals surface area contributed by atoms with Crippen molar-refractivity contribution < 1.29 is 14.2 Å². The lowest BCUT2D eigenvalue weighted by Gasteiger charge is -2.32. The summed E-state index contributed by atoms with van der Waals surface area (Å²) in [5, 5.41) is 0. The minimum Gasteiger partial charge on any atom is -0.493 e. The second kappa shape index (κ2) is 3.58. The number of benzene rings is 1. The van der Waals surface area contributed by atoms with Gasteiger partial charge >= 0.3 is 0 Å². The summed E-state index contributed by atoms with van der Waals surface area (Å²) in [6, 6.07) is 5.75. The zero-order chi connectivity index (χ0) is 11.1. The van der Waals surface area contributed by atoms with Gasteiger partial charge in [-0.2, -0.15) is 0 Å². The lowest BCUT2D eigenvalue weighted by Crippen LogP contribution is -2.39. The first-order valence-corrected chi connectivity index (χ1v) is 5.80. The summed E-state index contributed by atoms with van der Waals surface area (Å²) in [6.07, 6.45) is 2.82. The van der Waals surface area contributed by atoms with Crippen molar-refractivity contribution in [3.63, 3.8) is 0 Å². The standard InChI is InChI=1S/C13H16O3/c1-8-12(9-6-7-9)16-13-10(14-2)4-3-5-11(13)15-8/h3-5,8-9,12H,6-7H2,1-2H3. The summed E-state index contributed by atoms with van der Waals surface area (Å²) in [5.41, 5.74) is 0. The highest BCUT2D eigenvalue weighted by Gasteiger charge is 2.41. The van der Waals surface area contributed by atoms with Gasteiger partial charge in [0.2, 0.25) is 5.75 Å². The van der Waals surface area contributed by atoms with Crippen LogP contribution in [0, 0.1) is 5.92 Å². The Morgan fingerprint density at radius 3 is 2.75 bits per heavy atom. The fourth-order valence-corrected chi connectivity index (χ4v) is 2.27. The molecular weight excluding hydrogens is 204 g/mol. The average Bonchev–Trinajstić information content (AvgIpc) is 3.11. The van der Waals surface area contributed by atoms with Crippen LogP contribution in [0.3, 0.4) is 0 Å². The van der Waals surface area contributed by atoms with Crippen LogP contribution in [0.4, 0.5) is 0 Å². The van der Waals surface area contributed by atoms with Crippen LogP contribution in [-0.4, -0.2) is 19.3 Å². The molecule has 1 aliphatic carbocycles. The third-order valence-electron chi connectivity index (χ3n) is 3.28. The van der Waals surface area contributed by atoms with Gasteiger partial charge in [0, 0.05) is 0 Å². The van der Waals surface area contributed by atoms with Crippen LogP contribution in [0.2, 0.25) is 0 Å². The Bertz CT molecular complexity index is 398. The number of methoxy groups -OCH3 is 1. The monoisotopic (exact) mass is 220 g/mol. The maximum atomic E-state index is 6.04. The number of rotatable bonds is 2. The van der Waals surface area contributed by atoms with Gasteiger partial charge in [-0.05, 0) is 37.8 Å². The van der Waals surface area contributed by atoms with Crippen molar-refractivity contribution in [1.82, 2.24) is 0 Å². The Morgan fingerprint density at radius 1 is 1.25 bits per heavy atom. The summed E-state index contributed by atoms with van der Waals surface area (Å²) in [6.45, 7) is 2.07. The first kappa shape index (κ1) is 9.82. The van der Waals surface area contributed by atoms with E-state index in [1.54, 1.807) is 7.11 Å². The fourth-order valence-electron chi connectivity index (χ4n) is 2.27. The molecule has 3 rings (SSSR count). The molecule has 0 bridgehead atoms. The predicted molar refractivity (Wildman–Crippen MR) is 60.2 cm³/mol. The molecule has 3 heteroatoms. The van der Waals surface area contributed by atoms with Crippen LogP contribution in [0.5, 0.6) is 17.2 Å². The molecule has 0 aromatic heterocycles. The van der Waals surface area contributed by atoms with Crippen molar-refractivity contribution in [3.8, 4) is 17.2 Å². The summed E-state index contributed by atoms with van der Waals surface area (Å²) >= 11 is 0. The molecule has 1 aromatic carbocycles. The van der Waals surface area contributed by atoms with E-state index in [0.717, 1.165) is 17.2 Å². The van der Waals surface area contributed by atoms with E-state index in [2.05, 4.69) is 6.92 Å². The van der Waals surface area contributed by atoms with E-state index in [-0.39, 0.29) is 12.2 Å². The molecule has 1 fully saturated rings. The number of hydrogen-bond donors (Lipinski definition) is 0. The van der Waals surface area contributed by atoms with Gasteiger partial charge in [0.1, 0.15) is 12.2 Å². The zero-order valence-electron chi connectivity index (χ0n) is 9.60. The van der Waals surface area contributed by atoms with Crippen molar-refractivity contribution in [1.29, 1.82) is 0 Å². The molecule has 0 N–H and O–H groups in total. The molecular formula is C13H16O3. The molecule has 2 aliphatic rings. The number of para-hydroxylation sites is 1. The Labute approximate surface area is 95.3 Å². The second-order valence-electron chi connectivity index (χ2n) is 4.53. The van der Waals surface area contributed by atoms with Gasteiger partial charge in [0.25, 0.3) is 0 Å². The topological polar surface area (TPSA) is 27.7 Å². The van der Waals surface area contributed by atoms with Crippen LogP contribution < -0.4 is 14.2 Å². The molecule has 16 heavy (non-hydrogen) atoms.